The van der Waals surface area contributed by atoms with E-state index < -0.39 is 5.97 Å². The molecule has 2 heterocycles. The Kier molecular flexibility index (Phi) is 2.38. The van der Waals surface area contributed by atoms with Gasteiger partial charge in [-0.1, -0.05) is 0 Å². The van der Waals surface area contributed by atoms with E-state index in [0.29, 0.717) is 16.5 Å². The smallest absolute Gasteiger partial charge is 0.355 e. The molecule has 0 saturated carbocycles. The van der Waals surface area contributed by atoms with Crippen LogP contribution < -0.4 is 0 Å². The van der Waals surface area contributed by atoms with E-state index in [1.165, 1.54) is 16.7 Å². The van der Waals surface area contributed by atoms with Crippen LogP contribution in [0.5, 0.6) is 0 Å². The van der Waals surface area contributed by atoms with Gasteiger partial charge in [0.15, 0.2) is 17.2 Å². The molecule has 0 fully saturated rings. The number of hydrogen-bond acceptors (Lipinski definition) is 5. The number of aromatic nitrogens is 2. The molecule has 3 rings (SSSR count). The number of carbonyl (C=O) groups is 1. The first-order valence-corrected chi connectivity index (χ1v) is 6.08. The molecule has 3 aromatic rings. The summed E-state index contributed by atoms with van der Waals surface area (Å²) < 4.78 is 5.38. The number of aromatic carboxylic acids is 1. The minimum absolute atomic E-state index is 0.0615. The molecule has 0 amide bonds. The minimum atomic E-state index is -1.02. The highest BCUT2D eigenvalue weighted by Crippen LogP contribution is 2.27. The molecule has 0 aliphatic rings. The quantitative estimate of drug-likeness (QED) is 0.766. The Morgan fingerprint density at radius 3 is 2.94 bits per heavy atom. The van der Waals surface area contributed by atoms with Crippen LogP contribution in [-0.4, -0.2) is 21.0 Å². The van der Waals surface area contributed by atoms with Crippen molar-refractivity contribution in [3.05, 3.63) is 35.2 Å². The van der Waals surface area contributed by atoms with Crippen LogP contribution in [0.15, 0.2) is 28.0 Å². The summed E-state index contributed by atoms with van der Waals surface area (Å²) in [5.41, 5.74) is 2.36. The van der Waals surface area contributed by atoms with E-state index in [1.807, 2.05) is 18.2 Å². The molecule has 0 unspecified atom stereocenters. The van der Waals surface area contributed by atoms with Crippen molar-refractivity contribution in [2.24, 2.45) is 0 Å². The number of fused-ring (bicyclic) bond motifs is 1. The number of benzene rings is 1. The lowest BCUT2D eigenvalue weighted by Gasteiger charge is -1.94. The maximum Gasteiger partial charge on any atom is 0.355 e. The minimum Gasteiger partial charge on any atom is -0.476 e. The second-order valence-electron chi connectivity index (χ2n) is 3.76. The van der Waals surface area contributed by atoms with Crippen LogP contribution in [0, 0.1) is 6.92 Å². The van der Waals surface area contributed by atoms with Crippen LogP contribution >= 0.6 is 11.3 Å². The Balaban J connectivity index is 2.09. The molecule has 1 N–H and O–H groups in total. The van der Waals surface area contributed by atoms with E-state index in [9.17, 15) is 4.79 Å². The second kappa shape index (κ2) is 3.92. The summed E-state index contributed by atoms with van der Waals surface area (Å²) in [6, 6.07) is 5.50. The van der Waals surface area contributed by atoms with E-state index >= 15 is 0 Å². The Labute approximate surface area is 106 Å². The monoisotopic (exact) mass is 260 g/mol. The molecule has 0 atom stereocenters. The van der Waals surface area contributed by atoms with Crippen molar-refractivity contribution in [2.45, 2.75) is 6.92 Å². The molecular weight excluding hydrogens is 252 g/mol. The van der Waals surface area contributed by atoms with Crippen molar-refractivity contribution >= 4 is 28.4 Å². The molecule has 0 spiro atoms. The number of oxazole rings is 1. The van der Waals surface area contributed by atoms with Gasteiger partial charge < -0.3 is 9.52 Å². The molecule has 0 aliphatic heterocycles. The molecule has 1 aromatic carbocycles. The summed E-state index contributed by atoms with van der Waals surface area (Å²) in [5, 5.41) is 11.0. The zero-order chi connectivity index (χ0) is 12.7. The van der Waals surface area contributed by atoms with Crippen LogP contribution in [0.25, 0.3) is 21.7 Å². The van der Waals surface area contributed by atoms with Gasteiger partial charge in [-0.2, -0.15) is 0 Å². The van der Waals surface area contributed by atoms with Gasteiger partial charge in [-0.15, -0.1) is 11.3 Å². The third-order valence-electron chi connectivity index (χ3n) is 2.46. The van der Waals surface area contributed by atoms with Crippen LogP contribution in [0.4, 0.5) is 0 Å². The lowest BCUT2D eigenvalue weighted by atomic mass is 10.2. The molecule has 0 radical (unpaired) electrons. The summed E-state index contributed by atoms with van der Waals surface area (Å²) in [4.78, 5) is 19.1. The van der Waals surface area contributed by atoms with Crippen molar-refractivity contribution in [3.8, 4) is 10.6 Å². The maximum absolute atomic E-state index is 10.8. The highest BCUT2D eigenvalue weighted by atomic mass is 32.1. The summed E-state index contributed by atoms with van der Waals surface area (Å²) in [5.74, 6) is -0.414. The van der Waals surface area contributed by atoms with E-state index in [2.05, 4.69) is 9.97 Å². The fourth-order valence-corrected chi connectivity index (χ4v) is 2.47. The van der Waals surface area contributed by atoms with E-state index in [-0.39, 0.29) is 5.69 Å². The summed E-state index contributed by atoms with van der Waals surface area (Å²) >= 11 is 1.30. The molecule has 0 saturated heterocycles. The van der Waals surface area contributed by atoms with Crippen molar-refractivity contribution in [2.75, 3.05) is 0 Å². The fraction of sp³-hybridized carbons (Fsp3) is 0.0833. The predicted octanol–water partition coefficient (Wildman–Crippen LogP) is 2.96. The SMILES string of the molecule is Cc1nc2cc(-c3nc(C(=O)O)cs3)ccc2o1. The molecule has 18 heavy (non-hydrogen) atoms. The molecule has 6 heteroatoms. The zero-order valence-corrected chi connectivity index (χ0v) is 10.2. The van der Waals surface area contributed by atoms with Gasteiger partial charge in [-0.3, -0.25) is 0 Å². The highest BCUT2D eigenvalue weighted by Gasteiger charge is 2.11. The van der Waals surface area contributed by atoms with E-state index in [0.717, 1.165) is 11.1 Å². The van der Waals surface area contributed by atoms with Crippen LogP contribution in [0.1, 0.15) is 16.4 Å². The van der Waals surface area contributed by atoms with Crippen molar-refractivity contribution in [1.82, 2.24) is 9.97 Å². The van der Waals surface area contributed by atoms with Gasteiger partial charge in [-0.25, -0.2) is 14.8 Å². The predicted molar refractivity (Wildman–Crippen MR) is 66.8 cm³/mol. The molecule has 0 aliphatic carbocycles. The van der Waals surface area contributed by atoms with Gasteiger partial charge in [0, 0.05) is 17.9 Å². The van der Waals surface area contributed by atoms with Gasteiger partial charge in [0.1, 0.15) is 10.5 Å². The highest BCUT2D eigenvalue weighted by molar-refractivity contribution is 7.13. The third kappa shape index (κ3) is 1.76. The first-order chi connectivity index (χ1) is 8.63. The molecular formula is C12H8N2O3S. The Bertz CT molecular complexity index is 745. The fourth-order valence-electron chi connectivity index (χ4n) is 1.68. The zero-order valence-electron chi connectivity index (χ0n) is 9.38. The van der Waals surface area contributed by atoms with Gasteiger partial charge in [-0.05, 0) is 18.2 Å². The third-order valence-corrected chi connectivity index (χ3v) is 3.36. The number of rotatable bonds is 2. The molecule has 0 bridgehead atoms. The first-order valence-electron chi connectivity index (χ1n) is 5.20. The van der Waals surface area contributed by atoms with E-state index in [4.69, 9.17) is 9.52 Å². The standard InChI is InChI=1S/C12H8N2O3S/c1-6-13-8-4-7(2-3-10(8)17-6)11-14-9(5-18-11)12(15)16/h2-5H,1H3,(H,15,16). The number of carboxylic acid groups (broad SMARTS) is 1. The Hall–Kier alpha value is -2.21. The van der Waals surface area contributed by atoms with Gasteiger partial charge in [0.25, 0.3) is 0 Å². The summed E-state index contributed by atoms with van der Waals surface area (Å²) in [6.07, 6.45) is 0. The summed E-state index contributed by atoms with van der Waals surface area (Å²) in [7, 11) is 0. The number of hydrogen-bond donors (Lipinski definition) is 1. The molecule has 5 nitrogen and oxygen atoms in total. The number of thiazole rings is 1. The van der Waals surface area contributed by atoms with Gasteiger partial charge in [0.2, 0.25) is 0 Å². The van der Waals surface area contributed by atoms with Gasteiger partial charge >= 0.3 is 5.97 Å². The lowest BCUT2D eigenvalue weighted by molar-refractivity contribution is 0.0691. The normalized spacial score (nSPS) is 10.9. The van der Waals surface area contributed by atoms with Gasteiger partial charge in [0.05, 0.1) is 0 Å². The summed E-state index contributed by atoms with van der Waals surface area (Å²) in [6.45, 7) is 1.78. The van der Waals surface area contributed by atoms with E-state index in [1.54, 1.807) is 6.92 Å². The largest absolute Gasteiger partial charge is 0.476 e. The van der Waals surface area contributed by atoms with Crippen molar-refractivity contribution in [3.63, 3.8) is 0 Å². The molecule has 90 valence electrons. The van der Waals surface area contributed by atoms with Crippen molar-refractivity contribution in [1.29, 1.82) is 0 Å². The topological polar surface area (TPSA) is 76.2 Å². The number of nitrogens with zero attached hydrogens (tertiary/aromatic N) is 2. The van der Waals surface area contributed by atoms with Crippen LogP contribution in [0.2, 0.25) is 0 Å². The number of carboxylic acids is 1. The maximum atomic E-state index is 10.8. The van der Waals surface area contributed by atoms with Crippen LogP contribution in [-0.2, 0) is 0 Å². The average Bonchev–Trinajstić information content (AvgIpc) is 2.91. The Morgan fingerprint density at radius 2 is 2.22 bits per heavy atom. The van der Waals surface area contributed by atoms with Crippen LogP contribution in [0.3, 0.4) is 0 Å². The molecule has 2 aromatic heterocycles. The average molecular weight is 260 g/mol. The number of aryl methyl sites for hydroxylation is 1. The van der Waals surface area contributed by atoms with Crippen molar-refractivity contribution < 1.29 is 14.3 Å². The second-order valence-corrected chi connectivity index (χ2v) is 4.62. The Morgan fingerprint density at radius 1 is 1.39 bits per heavy atom. The first kappa shape index (κ1) is 10.9. The lowest BCUT2D eigenvalue weighted by Crippen LogP contribution is -1.95.